The van der Waals surface area contributed by atoms with E-state index in [4.69, 9.17) is 11.6 Å². The molecule has 1 amide bonds. The Labute approximate surface area is 163 Å². The molecular formula is C17H16ClFN6O3. The molecule has 1 atom stereocenters. The number of benzene rings is 1. The summed E-state index contributed by atoms with van der Waals surface area (Å²) in [6.45, 7) is 1.89. The molecule has 0 saturated heterocycles. The first kappa shape index (κ1) is 19.5. The Morgan fingerprint density at radius 1 is 1.39 bits per heavy atom. The van der Waals surface area contributed by atoms with Gasteiger partial charge in [-0.05, 0) is 12.5 Å². The predicted molar refractivity (Wildman–Crippen MR) is 99.6 cm³/mol. The number of hydrogen-bond donors (Lipinski definition) is 1. The van der Waals surface area contributed by atoms with Crippen molar-refractivity contribution in [1.29, 1.82) is 0 Å². The van der Waals surface area contributed by atoms with E-state index in [1.807, 2.05) is 0 Å². The van der Waals surface area contributed by atoms with Gasteiger partial charge in [-0.25, -0.2) is 4.39 Å². The van der Waals surface area contributed by atoms with Gasteiger partial charge in [-0.15, -0.1) is 0 Å². The second-order valence-corrected chi connectivity index (χ2v) is 6.37. The molecule has 0 aliphatic heterocycles. The van der Waals surface area contributed by atoms with E-state index in [-0.39, 0.29) is 28.9 Å². The van der Waals surface area contributed by atoms with Gasteiger partial charge in [-0.2, -0.15) is 10.2 Å². The van der Waals surface area contributed by atoms with Crippen LogP contribution in [-0.2, 0) is 11.3 Å². The van der Waals surface area contributed by atoms with Crippen molar-refractivity contribution in [2.24, 2.45) is 0 Å². The normalized spacial score (nSPS) is 12.0. The lowest BCUT2D eigenvalue weighted by Crippen LogP contribution is -2.26. The quantitative estimate of drug-likeness (QED) is 0.477. The van der Waals surface area contributed by atoms with Gasteiger partial charge in [0.1, 0.15) is 29.3 Å². The lowest BCUT2D eigenvalue weighted by molar-refractivity contribution is -0.385. The minimum absolute atomic E-state index is 0.114. The number of aromatic nitrogens is 4. The minimum atomic E-state index is -0.776. The highest BCUT2D eigenvalue weighted by Gasteiger charge is 2.23. The largest absolute Gasteiger partial charge is 0.307 e. The van der Waals surface area contributed by atoms with Crippen LogP contribution in [0, 0.1) is 15.9 Å². The number of anilines is 1. The molecule has 28 heavy (non-hydrogen) atoms. The van der Waals surface area contributed by atoms with Crippen LogP contribution in [-0.4, -0.2) is 30.4 Å². The van der Waals surface area contributed by atoms with Gasteiger partial charge in [0.2, 0.25) is 5.91 Å². The van der Waals surface area contributed by atoms with E-state index in [0.717, 1.165) is 6.20 Å². The molecule has 0 radical (unpaired) electrons. The van der Waals surface area contributed by atoms with Crippen molar-refractivity contribution in [3.8, 4) is 0 Å². The highest BCUT2D eigenvalue weighted by atomic mass is 35.5. The molecule has 1 unspecified atom stereocenters. The predicted octanol–water partition coefficient (Wildman–Crippen LogP) is 3.42. The molecule has 0 aliphatic carbocycles. The molecule has 0 saturated carbocycles. The number of nitrogens with zero attached hydrogens (tertiary/aromatic N) is 5. The van der Waals surface area contributed by atoms with Gasteiger partial charge in [0, 0.05) is 11.8 Å². The number of rotatable bonds is 7. The van der Waals surface area contributed by atoms with Crippen molar-refractivity contribution in [2.45, 2.75) is 25.9 Å². The second-order valence-electron chi connectivity index (χ2n) is 5.96. The van der Waals surface area contributed by atoms with Crippen LogP contribution < -0.4 is 5.32 Å². The molecule has 0 fully saturated rings. The summed E-state index contributed by atoms with van der Waals surface area (Å²) >= 11 is 6.13. The van der Waals surface area contributed by atoms with Crippen molar-refractivity contribution < 1.29 is 14.1 Å². The first-order valence-corrected chi connectivity index (χ1v) is 8.72. The van der Waals surface area contributed by atoms with Crippen molar-refractivity contribution in [3.05, 3.63) is 69.4 Å². The third-order valence-corrected chi connectivity index (χ3v) is 4.33. The average Bonchev–Trinajstić information content (AvgIpc) is 3.25. The van der Waals surface area contributed by atoms with Crippen LogP contribution >= 0.6 is 11.6 Å². The number of carbonyl (C=O) groups excluding carboxylic acids is 1. The molecule has 0 bridgehead atoms. The molecular weight excluding hydrogens is 391 g/mol. The summed E-state index contributed by atoms with van der Waals surface area (Å²) in [5, 5.41) is 21.6. The van der Waals surface area contributed by atoms with Crippen LogP contribution in [0.4, 0.5) is 15.9 Å². The first-order chi connectivity index (χ1) is 13.4. The summed E-state index contributed by atoms with van der Waals surface area (Å²) in [5.74, 6) is -0.729. The lowest BCUT2D eigenvalue weighted by Gasteiger charge is -2.14. The number of halogens is 2. The number of carbonyl (C=O) groups is 1. The van der Waals surface area contributed by atoms with Crippen LogP contribution in [0.2, 0.25) is 5.02 Å². The van der Waals surface area contributed by atoms with Gasteiger partial charge in [0.05, 0.1) is 11.5 Å². The fourth-order valence-corrected chi connectivity index (χ4v) is 2.85. The second kappa shape index (κ2) is 8.17. The molecule has 3 aromatic rings. The molecule has 1 N–H and O–H groups in total. The van der Waals surface area contributed by atoms with E-state index in [1.165, 1.54) is 27.8 Å². The molecule has 1 aromatic carbocycles. The topological polar surface area (TPSA) is 108 Å². The van der Waals surface area contributed by atoms with Crippen molar-refractivity contribution in [1.82, 2.24) is 19.6 Å². The maximum Gasteiger partial charge on any atom is 0.307 e. The van der Waals surface area contributed by atoms with E-state index in [9.17, 15) is 19.3 Å². The Morgan fingerprint density at radius 2 is 2.14 bits per heavy atom. The molecule has 0 aliphatic rings. The average molecular weight is 407 g/mol. The summed E-state index contributed by atoms with van der Waals surface area (Å²) in [4.78, 5) is 22.8. The van der Waals surface area contributed by atoms with Crippen LogP contribution in [0.25, 0.3) is 0 Å². The molecule has 11 heteroatoms. The monoisotopic (exact) mass is 406 g/mol. The zero-order chi connectivity index (χ0) is 20.3. The highest BCUT2D eigenvalue weighted by molar-refractivity contribution is 6.33. The van der Waals surface area contributed by atoms with Gasteiger partial charge < -0.3 is 5.32 Å². The summed E-state index contributed by atoms with van der Waals surface area (Å²) in [6, 6.07) is 5.49. The Balaban J connectivity index is 1.75. The fourth-order valence-electron chi connectivity index (χ4n) is 2.65. The summed E-state index contributed by atoms with van der Waals surface area (Å²) in [6.07, 6.45) is 4.08. The highest BCUT2D eigenvalue weighted by Crippen LogP contribution is 2.23. The Morgan fingerprint density at radius 3 is 2.79 bits per heavy atom. The van der Waals surface area contributed by atoms with E-state index in [1.54, 1.807) is 25.1 Å². The fraction of sp³-hybridized carbons (Fsp3) is 0.235. The number of nitrogens with one attached hydrogen (secondary N) is 1. The van der Waals surface area contributed by atoms with E-state index in [0.29, 0.717) is 12.0 Å². The molecule has 146 valence electrons. The Kier molecular flexibility index (Phi) is 5.69. The van der Waals surface area contributed by atoms with Crippen molar-refractivity contribution in [2.75, 3.05) is 5.32 Å². The van der Waals surface area contributed by atoms with Crippen molar-refractivity contribution in [3.63, 3.8) is 0 Å². The van der Waals surface area contributed by atoms with Gasteiger partial charge in [-0.3, -0.25) is 24.3 Å². The lowest BCUT2D eigenvalue weighted by atomic mass is 10.2. The van der Waals surface area contributed by atoms with Crippen LogP contribution in [0.3, 0.4) is 0 Å². The molecule has 9 nitrogen and oxygen atoms in total. The zero-order valence-electron chi connectivity index (χ0n) is 14.7. The SMILES string of the molecule is CCC(C(=O)Nc1nn(Cc2ccccc2F)cc1Cl)n1cc([N+](=O)[O-])cn1. The van der Waals surface area contributed by atoms with E-state index in [2.05, 4.69) is 15.5 Å². The van der Waals surface area contributed by atoms with Gasteiger partial charge in [0.25, 0.3) is 0 Å². The molecule has 2 heterocycles. The Bertz CT molecular complexity index is 1020. The number of nitro groups is 1. The Hall–Kier alpha value is -3.27. The zero-order valence-corrected chi connectivity index (χ0v) is 15.5. The third-order valence-electron chi connectivity index (χ3n) is 4.06. The van der Waals surface area contributed by atoms with Gasteiger partial charge in [-0.1, -0.05) is 36.7 Å². The van der Waals surface area contributed by atoms with Crippen LogP contribution in [0.5, 0.6) is 0 Å². The summed E-state index contributed by atoms with van der Waals surface area (Å²) in [7, 11) is 0. The van der Waals surface area contributed by atoms with Gasteiger partial charge >= 0.3 is 5.69 Å². The number of hydrogen-bond acceptors (Lipinski definition) is 5. The van der Waals surface area contributed by atoms with Crippen LogP contribution in [0.1, 0.15) is 24.9 Å². The molecule has 3 rings (SSSR count). The maximum absolute atomic E-state index is 13.8. The van der Waals surface area contributed by atoms with E-state index < -0.39 is 16.9 Å². The summed E-state index contributed by atoms with van der Waals surface area (Å²) in [5.41, 5.74) is 0.216. The maximum atomic E-state index is 13.8. The standard InChI is InChI=1S/C17H16ClFN6O3/c1-2-15(24-9-12(7-20-24)25(27)28)17(26)21-16-13(18)10-23(22-16)8-11-5-3-4-6-14(11)19/h3-7,9-10,15H,2,8H2,1H3,(H,21,22,26). The molecule has 2 aromatic heterocycles. The van der Waals surface area contributed by atoms with Crippen LogP contribution in [0.15, 0.2) is 42.9 Å². The third kappa shape index (κ3) is 4.17. The summed E-state index contributed by atoms with van der Waals surface area (Å²) < 4.78 is 16.4. The smallest absolute Gasteiger partial charge is 0.306 e. The minimum Gasteiger partial charge on any atom is -0.306 e. The molecule has 0 spiro atoms. The number of amides is 1. The van der Waals surface area contributed by atoms with Crippen molar-refractivity contribution >= 4 is 29.0 Å². The first-order valence-electron chi connectivity index (χ1n) is 8.34. The van der Waals surface area contributed by atoms with Gasteiger partial charge in [0.15, 0.2) is 5.82 Å². The van der Waals surface area contributed by atoms with E-state index >= 15 is 0 Å².